The molecule has 0 atom stereocenters. The molecular weight excluding hydrogens is 358 g/mol. The number of amides is 1. The van der Waals surface area contributed by atoms with Crippen molar-refractivity contribution in [2.24, 2.45) is 0 Å². The van der Waals surface area contributed by atoms with Crippen LogP contribution in [-0.2, 0) is 6.54 Å². The number of nitro groups is 1. The van der Waals surface area contributed by atoms with E-state index in [4.69, 9.17) is 0 Å². The van der Waals surface area contributed by atoms with Gasteiger partial charge >= 0.3 is 0 Å². The highest BCUT2D eigenvalue weighted by molar-refractivity contribution is 6.04. The molecule has 1 aromatic heterocycles. The number of anilines is 1. The number of nitro benzene ring substituents is 1. The van der Waals surface area contributed by atoms with Crippen LogP contribution in [0, 0.1) is 24.0 Å². The van der Waals surface area contributed by atoms with E-state index in [1.807, 2.05) is 31.2 Å². The summed E-state index contributed by atoms with van der Waals surface area (Å²) in [5.74, 6) is -0.393. The SMILES string of the molecule is Cc1ccccc1Cn1cc(C(=O)Nc2ccc([N+](=O)[O-])cc2C)ccc1=O. The first-order valence-corrected chi connectivity index (χ1v) is 8.66. The molecule has 28 heavy (non-hydrogen) atoms. The van der Waals surface area contributed by atoms with Crippen molar-refractivity contribution in [1.29, 1.82) is 0 Å². The number of nitrogens with one attached hydrogen (secondary N) is 1. The van der Waals surface area contributed by atoms with Crippen LogP contribution in [0.25, 0.3) is 0 Å². The molecule has 1 heterocycles. The van der Waals surface area contributed by atoms with Gasteiger partial charge in [0, 0.05) is 30.1 Å². The quantitative estimate of drug-likeness (QED) is 0.542. The minimum absolute atomic E-state index is 0.0396. The second kappa shape index (κ2) is 7.87. The predicted octanol–water partition coefficient (Wildman–Crippen LogP) is 3.67. The van der Waals surface area contributed by atoms with Gasteiger partial charge in [-0.05, 0) is 42.7 Å². The summed E-state index contributed by atoms with van der Waals surface area (Å²) >= 11 is 0. The average Bonchev–Trinajstić information content (AvgIpc) is 2.66. The lowest BCUT2D eigenvalue weighted by Gasteiger charge is -2.11. The molecule has 0 unspecified atom stereocenters. The van der Waals surface area contributed by atoms with Crippen LogP contribution in [0.4, 0.5) is 11.4 Å². The van der Waals surface area contributed by atoms with Gasteiger partial charge in [-0.15, -0.1) is 0 Å². The smallest absolute Gasteiger partial charge is 0.269 e. The third-order valence-electron chi connectivity index (χ3n) is 4.52. The van der Waals surface area contributed by atoms with Crippen molar-refractivity contribution in [3.05, 3.63) is 104 Å². The average molecular weight is 377 g/mol. The van der Waals surface area contributed by atoms with Crippen LogP contribution in [0.5, 0.6) is 0 Å². The molecule has 3 rings (SSSR count). The number of aryl methyl sites for hydroxylation is 2. The summed E-state index contributed by atoms with van der Waals surface area (Å²) in [6.07, 6.45) is 1.52. The van der Waals surface area contributed by atoms with Crippen molar-refractivity contribution in [2.45, 2.75) is 20.4 Å². The lowest BCUT2D eigenvalue weighted by Crippen LogP contribution is -2.23. The highest BCUT2D eigenvalue weighted by Gasteiger charge is 2.13. The van der Waals surface area contributed by atoms with Gasteiger partial charge < -0.3 is 9.88 Å². The third-order valence-corrected chi connectivity index (χ3v) is 4.52. The van der Waals surface area contributed by atoms with E-state index in [0.717, 1.165) is 11.1 Å². The fourth-order valence-electron chi connectivity index (χ4n) is 2.86. The topological polar surface area (TPSA) is 94.2 Å². The van der Waals surface area contributed by atoms with Crippen molar-refractivity contribution >= 4 is 17.3 Å². The Kier molecular flexibility index (Phi) is 5.35. The molecule has 0 radical (unpaired) electrons. The summed E-state index contributed by atoms with van der Waals surface area (Å²) in [4.78, 5) is 35.1. The first-order chi connectivity index (χ1) is 13.3. The van der Waals surface area contributed by atoms with Gasteiger partial charge in [0.15, 0.2) is 0 Å². The summed E-state index contributed by atoms with van der Waals surface area (Å²) in [6, 6.07) is 14.8. The number of hydrogen-bond donors (Lipinski definition) is 1. The molecule has 0 bridgehead atoms. The number of hydrogen-bond acceptors (Lipinski definition) is 4. The Balaban J connectivity index is 1.84. The van der Waals surface area contributed by atoms with Gasteiger partial charge in [-0.25, -0.2) is 0 Å². The van der Waals surface area contributed by atoms with Gasteiger partial charge in [0.2, 0.25) is 0 Å². The number of carbonyl (C=O) groups excluding carboxylic acids is 1. The summed E-state index contributed by atoms with van der Waals surface area (Å²) in [7, 11) is 0. The summed E-state index contributed by atoms with van der Waals surface area (Å²) in [5.41, 5.74) is 3.20. The molecule has 1 N–H and O–H groups in total. The van der Waals surface area contributed by atoms with Crippen LogP contribution in [0.3, 0.4) is 0 Å². The molecule has 1 amide bonds. The zero-order chi connectivity index (χ0) is 20.3. The fraction of sp³-hybridized carbons (Fsp3) is 0.143. The van der Waals surface area contributed by atoms with Crippen LogP contribution in [0.1, 0.15) is 27.0 Å². The fourth-order valence-corrected chi connectivity index (χ4v) is 2.86. The number of carbonyl (C=O) groups is 1. The lowest BCUT2D eigenvalue weighted by molar-refractivity contribution is -0.384. The Morgan fingerprint density at radius 2 is 1.82 bits per heavy atom. The molecule has 0 spiro atoms. The van der Waals surface area contributed by atoms with Gasteiger partial charge in [-0.1, -0.05) is 24.3 Å². The number of benzene rings is 2. The Morgan fingerprint density at radius 3 is 2.50 bits per heavy atom. The van der Waals surface area contributed by atoms with Crippen LogP contribution in [0.2, 0.25) is 0 Å². The normalized spacial score (nSPS) is 10.5. The molecule has 3 aromatic rings. The summed E-state index contributed by atoms with van der Waals surface area (Å²) < 4.78 is 1.49. The molecule has 7 heteroatoms. The van der Waals surface area contributed by atoms with Crippen LogP contribution >= 0.6 is 0 Å². The van der Waals surface area contributed by atoms with E-state index in [0.29, 0.717) is 23.4 Å². The van der Waals surface area contributed by atoms with E-state index in [2.05, 4.69) is 5.32 Å². The standard InChI is InChI=1S/C21H19N3O4/c1-14-5-3-4-6-16(14)12-23-13-17(7-10-20(23)25)21(26)22-19-9-8-18(24(27)28)11-15(19)2/h3-11,13H,12H2,1-2H3,(H,22,26). The molecule has 2 aromatic carbocycles. The Labute approximate surface area is 161 Å². The van der Waals surface area contributed by atoms with Crippen LogP contribution in [0.15, 0.2) is 65.6 Å². The first-order valence-electron chi connectivity index (χ1n) is 8.66. The zero-order valence-corrected chi connectivity index (χ0v) is 15.5. The van der Waals surface area contributed by atoms with Gasteiger partial charge in [0.25, 0.3) is 17.2 Å². The second-order valence-electron chi connectivity index (χ2n) is 6.52. The highest BCUT2D eigenvalue weighted by atomic mass is 16.6. The Morgan fingerprint density at radius 1 is 1.07 bits per heavy atom. The van der Waals surface area contributed by atoms with Crippen LogP contribution in [-0.4, -0.2) is 15.4 Å². The largest absolute Gasteiger partial charge is 0.322 e. The van der Waals surface area contributed by atoms with Gasteiger partial charge in [-0.2, -0.15) is 0 Å². The van der Waals surface area contributed by atoms with Gasteiger partial charge in [0.1, 0.15) is 0 Å². The first kappa shape index (κ1) is 19.0. The molecule has 0 fully saturated rings. The molecule has 7 nitrogen and oxygen atoms in total. The molecule has 0 saturated carbocycles. The predicted molar refractivity (Wildman–Crippen MR) is 107 cm³/mol. The van der Waals surface area contributed by atoms with E-state index >= 15 is 0 Å². The lowest BCUT2D eigenvalue weighted by atomic mass is 10.1. The molecule has 0 aliphatic carbocycles. The molecule has 0 aliphatic heterocycles. The van der Waals surface area contributed by atoms with Crippen molar-refractivity contribution < 1.29 is 9.72 Å². The van der Waals surface area contributed by atoms with Gasteiger partial charge in [0.05, 0.1) is 17.0 Å². The van der Waals surface area contributed by atoms with E-state index in [9.17, 15) is 19.7 Å². The summed E-state index contributed by atoms with van der Waals surface area (Å²) in [6.45, 7) is 4.01. The Hall–Kier alpha value is -3.74. The van der Waals surface area contributed by atoms with E-state index in [1.165, 1.54) is 41.1 Å². The third kappa shape index (κ3) is 4.15. The minimum atomic E-state index is -0.486. The number of rotatable bonds is 5. The number of nitrogens with zero attached hydrogens (tertiary/aromatic N) is 2. The molecular formula is C21H19N3O4. The minimum Gasteiger partial charge on any atom is -0.322 e. The molecule has 0 saturated heterocycles. The van der Waals surface area contributed by atoms with Crippen molar-refractivity contribution in [3.63, 3.8) is 0 Å². The Bertz CT molecular complexity index is 1120. The van der Waals surface area contributed by atoms with Gasteiger partial charge in [-0.3, -0.25) is 19.7 Å². The maximum atomic E-state index is 12.6. The molecule has 0 aliphatic rings. The van der Waals surface area contributed by atoms with Crippen molar-refractivity contribution in [3.8, 4) is 0 Å². The van der Waals surface area contributed by atoms with Crippen molar-refractivity contribution in [2.75, 3.05) is 5.32 Å². The number of pyridine rings is 1. The van der Waals surface area contributed by atoms with E-state index < -0.39 is 10.8 Å². The van der Waals surface area contributed by atoms with Crippen molar-refractivity contribution in [1.82, 2.24) is 4.57 Å². The maximum Gasteiger partial charge on any atom is 0.269 e. The summed E-state index contributed by atoms with van der Waals surface area (Å²) in [5, 5.41) is 13.6. The number of non-ortho nitro benzene ring substituents is 1. The van der Waals surface area contributed by atoms with E-state index in [1.54, 1.807) is 6.92 Å². The van der Waals surface area contributed by atoms with E-state index in [-0.39, 0.29) is 11.2 Å². The van der Waals surface area contributed by atoms with Crippen LogP contribution < -0.4 is 10.9 Å². The monoisotopic (exact) mass is 377 g/mol. The zero-order valence-electron chi connectivity index (χ0n) is 15.5. The number of aromatic nitrogens is 1. The molecule has 142 valence electrons. The second-order valence-corrected chi connectivity index (χ2v) is 6.52. The maximum absolute atomic E-state index is 12.6. The highest BCUT2D eigenvalue weighted by Crippen LogP contribution is 2.21.